The van der Waals surface area contributed by atoms with Crippen LogP contribution in [0.3, 0.4) is 0 Å². The lowest BCUT2D eigenvalue weighted by Gasteiger charge is -2.45. The van der Waals surface area contributed by atoms with Crippen LogP contribution < -0.4 is 0 Å². The normalized spacial score (nSPS) is 42.5. The number of rotatable bonds is 8. The molecule has 0 aromatic rings. The molecule has 9 nitrogen and oxygen atoms in total. The standard InChI is InChI=1S/C16H30O9/c1-17-9-8-24-16(13(21-5)11(9)19-3)25-14-12(20-4)10(18-2)7-23-15(14)22-6/h9-16H,7-8H2,1-6H3. The van der Waals surface area contributed by atoms with Gasteiger partial charge < -0.3 is 42.6 Å². The summed E-state index contributed by atoms with van der Waals surface area (Å²) in [7, 11) is 9.53. The van der Waals surface area contributed by atoms with Crippen molar-refractivity contribution in [2.24, 2.45) is 0 Å². The Hall–Kier alpha value is -0.360. The minimum atomic E-state index is -0.694. The molecule has 0 aliphatic carbocycles. The highest BCUT2D eigenvalue weighted by Crippen LogP contribution is 2.29. The third-order valence-corrected chi connectivity index (χ3v) is 4.71. The molecule has 0 saturated carbocycles. The van der Waals surface area contributed by atoms with E-state index in [0.29, 0.717) is 13.2 Å². The van der Waals surface area contributed by atoms with Gasteiger partial charge in [0.25, 0.3) is 0 Å². The number of ether oxygens (including phenoxy) is 9. The topological polar surface area (TPSA) is 83.1 Å². The summed E-state index contributed by atoms with van der Waals surface area (Å²) < 4.78 is 50.6. The van der Waals surface area contributed by atoms with Crippen LogP contribution in [0.2, 0.25) is 0 Å². The van der Waals surface area contributed by atoms with E-state index in [4.69, 9.17) is 42.6 Å². The highest BCUT2D eigenvalue weighted by atomic mass is 16.8. The minimum Gasteiger partial charge on any atom is -0.376 e. The summed E-state index contributed by atoms with van der Waals surface area (Å²) >= 11 is 0. The number of hydrogen-bond donors (Lipinski definition) is 0. The molecule has 148 valence electrons. The minimum absolute atomic E-state index is 0.249. The van der Waals surface area contributed by atoms with Crippen LogP contribution in [-0.4, -0.2) is 105 Å². The van der Waals surface area contributed by atoms with Crippen molar-refractivity contribution in [1.82, 2.24) is 0 Å². The van der Waals surface area contributed by atoms with E-state index in [1.165, 1.54) is 0 Å². The molecule has 8 unspecified atom stereocenters. The van der Waals surface area contributed by atoms with Crippen LogP contribution in [0.4, 0.5) is 0 Å². The van der Waals surface area contributed by atoms with Crippen LogP contribution in [0.5, 0.6) is 0 Å². The van der Waals surface area contributed by atoms with Gasteiger partial charge in [-0.05, 0) is 0 Å². The van der Waals surface area contributed by atoms with Crippen LogP contribution in [0.15, 0.2) is 0 Å². The summed E-state index contributed by atoms with van der Waals surface area (Å²) in [6.45, 7) is 0.662. The summed E-state index contributed by atoms with van der Waals surface area (Å²) in [5.74, 6) is 0. The van der Waals surface area contributed by atoms with Crippen molar-refractivity contribution >= 4 is 0 Å². The number of methoxy groups -OCH3 is 6. The molecule has 2 heterocycles. The van der Waals surface area contributed by atoms with Crippen molar-refractivity contribution in [3.63, 3.8) is 0 Å². The SMILES string of the molecule is COC1COC(OC2C(OC)OCC(OC)C2OC)C(OC)C1OC. The third kappa shape index (κ3) is 4.49. The lowest BCUT2D eigenvalue weighted by Crippen LogP contribution is -2.61. The van der Waals surface area contributed by atoms with Gasteiger partial charge in [0.2, 0.25) is 0 Å². The van der Waals surface area contributed by atoms with Gasteiger partial charge >= 0.3 is 0 Å². The van der Waals surface area contributed by atoms with Gasteiger partial charge in [-0.15, -0.1) is 0 Å². The van der Waals surface area contributed by atoms with Crippen LogP contribution in [-0.2, 0) is 42.6 Å². The Labute approximate surface area is 148 Å². The van der Waals surface area contributed by atoms with Crippen LogP contribution in [0.25, 0.3) is 0 Å². The smallest absolute Gasteiger partial charge is 0.187 e. The Kier molecular flexibility index (Phi) is 8.46. The predicted molar refractivity (Wildman–Crippen MR) is 85.3 cm³/mol. The van der Waals surface area contributed by atoms with Gasteiger partial charge in [-0.25, -0.2) is 0 Å². The maximum atomic E-state index is 6.16. The van der Waals surface area contributed by atoms with Crippen LogP contribution in [0, 0.1) is 0 Å². The maximum absolute atomic E-state index is 6.16. The Balaban J connectivity index is 2.15. The van der Waals surface area contributed by atoms with Gasteiger partial charge in [0.1, 0.15) is 36.6 Å². The van der Waals surface area contributed by atoms with Gasteiger partial charge in [0, 0.05) is 42.7 Å². The number of hydrogen-bond acceptors (Lipinski definition) is 9. The van der Waals surface area contributed by atoms with E-state index < -0.39 is 24.8 Å². The zero-order valence-electron chi connectivity index (χ0n) is 15.7. The average Bonchev–Trinajstić information content (AvgIpc) is 2.66. The van der Waals surface area contributed by atoms with E-state index in [1.54, 1.807) is 42.7 Å². The molecule has 2 fully saturated rings. The summed E-state index contributed by atoms with van der Waals surface area (Å²) in [5.41, 5.74) is 0. The summed E-state index contributed by atoms with van der Waals surface area (Å²) in [5, 5.41) is 0. The summed E-state index contributed by atoms with van der Waals surface area (Å²) in [6.07, 6.45) is -3.60. The largest absolute Gasteiger partial charge is 0.376 e. The molecule has 2 aliphatic heterocycles. The molecule has 0 amide bonds. The second-order valence-electron chi connectivity index (χ2n) is 5.89. The van der Waals surface area contributed by atoms with E-state index in [1.807, 2.05) is 0 Å². The van der Waals surface area contributed by atoms with Gasteiger partial charge in [-0.2, -0.15) is 0 Å². The summed E-state index contributed by atoms with van der Waals surface area (Å²) in [6, 6.07) is 0. The van der Waals surface area contributed by atoms with Crippen molar-refractivity contribution in [3.05, 3.63) is 0 Å². The second kappa shape index (κ2) is 10.1. The molecule has 0 aromatic heterocycles. The fraction of sp³-hybridized carbons (Fsp3) is 1.00. The van der Waals surface area contributed by atoms with E-state index in [-0.39, 0.29) is 24.4 Å². The van der Waals surface area contributed by atoms with Crippen molar-refractivity contribution < 1.29 is 42.6 Å². The zero-order chi connectivity index (χ0) is 18.4. The molecule has 0 N–H and O–H groups in total. The van der Waals surface area contributed by atoms with Crippen molar-refractivity contribution in [2.75, 3.05) is 55.9 Å². The Bertz CT molecular complexity index is 383. The van der Waals surface area contributed by atoms with Gasteiger partial charge in [0.05, 0.1) is 13.2 Å². The molecule has 0 radical (unpaired) electrons. The van der Waals surface area contributed by atoms with Gasteiger partial charge in [-0.3, -0.25) is 0 Å². The Morgan fingerprint density at radius 3 is 1.44 bits per heavy atom. The van der Waals surface area contributed by atoms with E-state index >= 15 is 0 Å². The molecule has 0 bridgehead atoms. The second-order valence-corrected chi connectivity index (χ2v) is 5.89. The third-order valence-electron chi connectivity index (χ3n) is 4.71. The lowest BCUT2D eigenvalue weighted by atomic mass is 10.0. The molecule has 2 saturated heterocycles. The lowest BCUT2D eigenvalue weighted by molar-refractivity contribution is -0.347. The first-order chi connectivity index (χ1) is 12.1. The predicted octanol–water partition coefficient (Wildman–Crippen LogP) is -0.194. The van der Waals surface area contributed by atoms with E-state index in [2.05, 4.69) is 0 Å². The van der Waals surface area contributed by atoms with Crippen molar-refractivity contribution in [3.8, 4) is 0 Å². The molecule has 2 rings (SSSR count). The van der Waals surface area contributed by atoms with Gasteiger partial charge in [0.15, 0.2) is 12.6 Å². The zero-order valence-corrected chi connectivity index (χ0v) is 15.7. The monoisotopic (exact) mass is 366 g/mol. The molecular formula is C16H30O9. The first kappa shape index (κ1) is 20.9. The average molecular weight is 366 g/mol. The molecular weight excluding hydrogens is 336 g/mol. The maximum Gasteiger partial charge on any atom is 0.187 e. The molecule has 25 heavy (non-hydrogen) atoms. The fourth-order valence-electron chi connectivity index (χ4n) is 3.33. The van der Waals surface area contributed by atoms with Crippen LogP contribution in [0.1, 0.15) is 0 Å². The highest BCUT2D eigenvalue weighted by molar-refractivity contribution is 4.91. The van der Waals surface area contributed by atoms with Crippen LogP contribution >= 0.6 is 0 Å². The molecule has 2 aliphatic rings. The highest BCUT2D eigenvalue weighted by Gasteiger charge is 2.48. The molecule has 8 atom stereocenters. The molecule has 0 aromatic carbocycles. The van der Waals surface area contributed by atoms with Crippen molar-refractivity contribution in [2.45, 2.75) is 49.2 Å². The van der Waals surface area contributed by atoms with Gasteiger partial charge in [-0.1, -0.05) is 0 Å². The molecule has 0 spiro atoms. The first-order valence-corrected chi connectivity index (χ1v) is 8.20. The quantitative estimate of drug-likeness (QED) is 0.580. The Morgan fingerprint density at radius 1 is 0.520 bits per heavy atom. The molecule has 9 heteroatoms. The van der Waals surface area contributed by atoms with Crippen molar-refractivity contribution in [1.29, 1.82) is 0 Å². The van der Waals surface area contributed by atoms with E-state index in [9.17, 15) is 0 Å². The Morgan fingerprint density at radius 2 is 1.00 bits per heavy atom. The first-order valence-electron chi connectivity index (χ1n) is 8.20. The van der Waals surface area contributed by atoms with E-state index in [0.717, 1.165) is 0 Å². The fourth-order valence-corrected chi connectivity index (χ4v) is 3.33. The summed E-state index contributed by atoms with van der Waals surface area (Å²) in [4.78, 5) is 0.